The zero-order chi connectivity index (χ0) is 12.3. The molecule has 1 saturated carbocycles. The molecule has 1 aliphatic rings. The number of nitrogens with two attached hydrogens (primary N) is 1. The maximum Gasteiger partial charge on any atom is 0.00672 e. The van der Waals surface area contributed by atoms with Crippen LogP contribution < -0.4 is 5.73 Å². The quantitative estimate of drug-likeness (QED) is 0.677. The van der Waals surface area contributed by atoms with Gasteiger partial charge in [0.1, 0.15) is 0 Å². The first kappa shape index (κ1) is 17.1. The van der Waals surface area contributed by atoms with Crippen molar-refractivity contribution in [2.24, 2.45) is 17.6 Å². The summed E-state index contributed by atoms with van der Waals surface area (Å²) in [6, 6.07) is 0.506. The minimum Gasteiger partial charge on any atom is -0.327 e. The smallest absolute Gasteiger partial charge is 0.00672 e. The summed E-state index contributed by atoms with van der Waals surface area (Å²) in [5.74, 6) is 1.65. The Kier molecular flexibility index (Phi) is 13.4. The molecule has 0 aromatic rings. The summed E-state index contributed by atoms with van der Waals surface area (Å²) in [4.78, 5) is 0. The van der Waals surface area contributed by atoms with E-state index in [1.807, 2.05) is 13.8 Å². The van der Waals surface area contributed by atoms with E-state index in [-0.39, 0.29) is 0 Å². The molecule has 0 aromatic carbocycles. The van der Waals surface area contributed by atoms with Gasteiger partial charge in [0.25, 0.3) is 0 Å². The second-order valence-corrected chi connectivity index (χ2v) is 4.34. The molecular formula is C14H31N. The van der Waals surface area contributed by atoms with Crippen LogP contribution in [-0.4, -0.2) is 6.04 Å². The highest BCUT2D eigenvalue weighted by atomic mass is 14.7. The summed E-state index contributed by atoms with van der Waals surface area (Å²) < 4.78 is 0. The van der Waals surface area contributed by atoms with Crippen LogP contribution in [0.3, 0.4) is 0 Å². The molecule has 0 saturated heterocycles. The van der Waals surface area contributed by atoms with E-state index >= 15 is 0 Å². The van der Waals surface area contributed by atoms with Gasteiger partial charge in [0.05, 0.1) is 0 Å². The largest absolute Gasteiger partial charge is 0.327 e. The Labute approximate surface area is 97.1 Å². The van der Waals surface area contributed by atoms with Crippen molar-refractivity contribution in [3.05, 3.63) is 13.2 Å². The van der Waals surface area contributed by atoms with Crippen LogP contribution in [0.5, 0.6) is 0 Å². The lowest BCUT2D eigenvalue weighted by Gasteiger charge is -2.29. The lowest BCUT2D eigenvalue weighted by atomic mass is 9.80. The highest BCUT2D eigenvalue weighted by Gasteiger charge is 2.21. The van der Waals surface area contributed by atoms with Gasteiger partial charge in [-0.3, -0.25) is 0 Å². The summed E-state index contributed by atoms with van der Waals surface area (Å²) in [5.41, 5.74) is 6.03. The zero-order valence-electron chi connectivity index (χ0n) is 11.3. The average Bonchev–Trinajstić information content (AvgIpc) is 2.27. The van der Waals surface area contributed by atoms with Gasteiger partial charge in [-0.25, -0.2) is 0 Å². The van der Waals surface area contributed by atoms with Crippen molar-refractivity contribution in [2.75, 3.05) is 0 Å². The summed E-state index contributed by atoms with van der Waals surface area (Å²) in [5, 5.41) is 0. The lowest BCUT2D eigenvalue weighted by molar-refractivity contribution is 0.265. The Morgan fingerprint density at radius 3 is 2.00 bits per heavy atom. The number of rotatable bonds is 2. The fourth-order valence-electron chi connectivity index (χ4n) is 2.13. The van der Waals surface area contributed by atoms with Gasteiger partial charge in [0.15, 0.2) is 0 Å². The number of hydrogen-bond acceptors (Lipinski definition) is 1. The van der Waals surface area contributed by atoms with E-state index < -0.39 is 0 Å². The summed E-state index contributed by atoms with van der Waals surface area (Å²) >= 11 is 0. The molecule has 1 nitrogen and oxygen atoms in total. The molecule has 1 fully saturated rings. The van der Waals surface area contributed by atoms with Crippen LogP contribution in [-0.2, 0) is 0 Å². The van der Waals surface area contributed by atoms with E-state index in [1.165, 1.54) is 32.1 Å². The first-order chi connectivity index (χ1) is 7.20. The summed E-state index contributed by atoms with van der Waals surface area (Å²) in [6.45, 7) is 14.6. The summed E-state index contributed by atoms with van der Waals surface area (Å²) in [6.07, 6.45) is 6.73. The molecule has 0 bridgehead atoms. The monoisotopic (exact) mass is 213 g/mol. The molecule has 2 N–H and O–H groups in total. The first-order valence-corrected chi connectivity index (χ1v) is 6.45. The van der Waals surface area contributed by atoms with Crippen molar-refractivity contribution >= 4 is 0 Å². The minimum atomic E-state index is 0.506. The molecule has 15 heavy (non-hydrogen) atoms. The minimum absolute atomic E-state index is 0.506. The van der Waals surface area contributed by atoms with Gasteiger partial charge in [-0.15, -0.1) is 13.2 Å². The molecule has 0 aromatic heterocycles. The van der Waals surface area contributed by atoms with Crippen LogP contribution in [0.25, 0.3) is 0 Å². The molecule has 1 heteroatoms. The van der Waals surface area contributed by atoms with E-state index in [4.69, 9.17) is 5.73 Å². The summed E-state index contributed by atoms with van der Waals surface area (Å²) in [7, 11) is 0. The van der Waals surface area contributed by atoms with E-state index in [0.717, 1.165) is 11.8 Å². The van der Waals surface area contributed by atoms with Crippen LogP contribution in [0, 0.1) is 11.8 Å². The third-order valence-corrected chi connectivity index (χ3v) is 2.74. The fourth-order valence-corrected chi connectivity index (χ4v) is 2.13. The third kappa shape index (κ3) is 8.68. The third-order valence-electron chi connectivity index (χ3n) is 2.74. The van der Waals surface area contributed by atoms with Crippen LogP contribution in [0.2, 0.25) is 0 Å². The van der Waals surface area contributed by atoms with Gasteiger partial charge in [-0.2, -0.15) is 0 Å². The highest BCUT2D eigenvalue weighted by Crippen LogP contribution is 2.27. The topological polar surface area (TPSA) is 26.0 Å². The highest BCUT2D eigenvalue weighted by molar-refractivity contribution is 4.78. The molecule has 92 valence electrons. The maximum absolute atomic E-state index is 6.03. The molecule has 0 unspecified atom stereocenters. The second kappa shape index (κ2) is 11.8. The normalized spacial score (nSPS) is 24.7. The van der Waals surface area contributed by atoms with Gasteiger partial charge < -0.3 is 5.73 Å². The van der Waals surface area contributed by atoms with Crippen molar-refractivity contribution in [3.63, 3.8) is 0 Å². The Morgan fingerprint density at radius 2 is 1.60 bits per heavy atom. The zero-order valence-corrected chi connectivity index (χ0v) is 11.3. The van der Waals surface area contributed by atoms with Crippen molar-refractivity contribution in [3.8, 4) is 0 Å². The Morgan fingerprint density at radius 1 is 1.13 bits per heavy atom. The predicted octanol–water partition coefficient (Wildman–Crippen LogP) is 4.38. The standard InChI is InChI=1S/C10H21N.C2H6.C2H4/c1-8(2)7-9-5-3-4-6-10(9)11;2*1-2/h8-10H,3-7,11H2,1-2H3;1-2H3;1-2H2/t9-,10-;;/m0../s1. The van der Waals surface area contributed by atoms with Gasteiger partial charge in [0.2, 0.25) is 0 Å². The Bertz CT molecular complexity index is 121. The van der Waals surface area contributed by atoms with Crippen molar-refractivity contribution in [1.82, 2.24) is 0 Å². The Balaban J connectivity index is 0. The van der Waals surface area contributed by atoms with Gasteiger partial charge >= 0.3 is 0 Å². The fraction of sp³-hybridized carbons (Fsp3) is 0.857. The van der Waals surface area contributed by atoms with Crippen molar-refractivity contribution in [1.29, 1.82) is 0 Å². The molecule has 1 rings (SSSR count). The predicted molar refractivity (Wildman–Crippen MR) is 72.0 cm³/mol. The van der Waals surface area contributed by atoms with Gasteiger partial charge in [0, 0.05) is 6.04 Å². The molecular weight excluding hydrogens is 182 g/mol. The average molecular weight is 213 g/mol. The van der Waals surface area contributed by atoms with E-state index in [2.05, 4.69) is 27.0 Å². The molecule has 0 heterocycles. The maximum atomic E-state index is 6.03. The van der Waals surface area contributed by atoms with Crippen LogP contribution in [0.1, 0.15) is 59.8 Å². The lowest BCUT2D eigenvalue weighted by Crippen LogP contribution is -2.33. The molecule has 0 aliphatic heterocycles. The molecule has 1 aliphatic carbocycles. The second-order valence-electron chi connectivity index (χ2n) is 4.34. The van der Waals surface area contributed by atoms with E-state index in [1.54, 1.807) is 0 Å². The Hall–Kier alpha value is -0.300. The van der Waals surface area contributed by atoms with E-state index in [9.17, 15) is 0 Å². The molecule has 0 radical (unpaired) electrons. The number of hydrogen-bond donors (Lipinski definition) is 1. The van der Waals surface area contributed by atoms with Crippen LogP contribution in [0.4, 0.5) is 0 Å². The first-order valence-electron chi connectivity index (χ1n) is 6.45. The van der Waals surface area contributed by atoms with E-state index in [0.29, 0.717) is 6.04 Å². The van der Waals surface area contributed by atoms with Gasteiger partial charge in [-0.1, -0.05) is 40.5 Å². The van der Waals surface area contributed by atoms with Crippen molar-refractivity contribution in [2.45, 2.75) is 65.8 Å². The van der Waals surface area contributed by atoms with Crippen LogP contribution >= 0.6 is 0 Å². The molecule has 0 spiro atoms. The van der Waals surface area contributed by atoms with Crippen molar-refractivity contribution < 1.29 is 0 Å². The molecule has 2 atom stereocenters. The molecule has 0 amide bonds. The van der Waals surface area contributed by atoms with Crippen LogP contribution in [0.15, 0.2) is 13.2 Å². The van der Waals surface area contributed by atoms with Gasteiger partial charge in [-0.05, 0) is 31.1 Å². The SMILES string of the molecule is C=C.CC.CC(C)C[C@@H]1CCCC[C@@H]1N.